The zero-order chi connectivity index (χ0) is 19.2. The molecule has 3 N–H and O–H groups in total. The number of aromatic amines is 1. The van der Waals surface area contributed by atoms with Gasteiger partial charge in [0.05, 0.1) is 6.04 Å². The van der Waals surface area contributed by atoms with Gasteiger partial charge in [0, 0.05) is 24.8 Å². The lowest BCUT2D eigenvalue weighted by Gasteiger charge is -2.31. The lowest BCUT2D eigenvalue weighted by Crippen LogP contribution is -2.32. The van der Waals surface area contributed by atoms with Gasteiger partial charge in [0.2, 0.25) is 5.95 Å². The fraction of sp³-hybridized carbons (Fsp3) is 0.526. The Balaban J connectivity index is 1.47. The Kier molecular flexibility index (Phi) is 6.28. The summed E-state index contributed by atoms with van der Waals surface area (Å²) < 4.78 is 5.77. The molecular formula is C19H27N5O3. The highest BCUT2D eigenvalue weighted by atomic mass is 16.4. The third kappa shape index (κ3) is 5.19. The Morgan fingerprint density at radius 3 is 2.81 bits per heavy atom. The highest BCUT2D eigenvalue weighted by Crippen LogP contribution is 2.25. The molecule has 1 fully saturated rings. The van der Waals surface area contributed by atoms with E-state index in [9.17, 15) is 9.59 Å². The molecule has 1 aliphatic rings. The van der Waals surface area contributed by atoms with E-state index in [-0.39, 0.29) is 17.5 Å². The van der Waals surface area contributed by atoms with Crippen molar-refractivity contribution in [3.63, 3.8) is 0 Å². The van der Waals surface area contributed by atoms with Crippen LogP contribution in [0.3, 0.4) is 0 Å². The fourth-order valence-electron chi connectivity index (χ4n) is 3.29. The lowest BCUT2D eigenvalue weighted by atomic mass is 10.1. The average Bonchev–Trinajstić information content (AvgIpc) is 3.15. The SMILES string of the molecule is Cc1cc(=O)[nH]c(NCCNC(=O)c2ccc([C@H](C)N3CCCCC3)o2)n1. The van der Waals surface area contributed by atoms with Crippen LogP contribution in [0, 0.1) is 6.92 Å². The van der Waals surface area contributed by atoms with Gasteiger partial charge < -0.3 is 15.1 Å². The van der Waals surface area contributed by atoms with Gasteiger partial charge >= 0.3 is 0 Å². The van der Waals surface area contributed by atoms with Crippen molar-refractivity contribution in [2.75, 3.05) is 31.5 Å². The van der Waals surface area contributed by atoms with Crippen LogP contribution in [0.15, 0.2) is 27.4 Å². The predicted molar refractivity (Wildman–Crippen MR) is 103 cm³/mol. The standard InChI is InChI=1S/C19H27N5O3/c1-13-12-17(25)23-19(22-13)21-9-8-20-18(26)16-7-6-15(27-16)14(2)24-10-4-3-5-11-24/h6-7,12,14H,3-5,8-11H2,1-2H3,(H,20,26)(H2,21,22,23,25)/t14-/m0/s1. The van der Waals surface area contributed by atoms with E-state index in [1.165, 1.54) is 25.3 Å². The molecule has 3 heterocycles. The Labute approximate surface area is 158 Å². The second-order valence-corrected chi connectivity index (χ2v) is 6.89. The van der Waals surface area contributed by atoms with Crippen LogP contribution < -0.4 is 16.2 Å². The smallest absolute Gasteiger partial charge is 0.287 e. The molecule has 0 saturated carbocycles. The van der Waals surface area contributed by atoms with Gasteiger partial charge in [0.25, 0.3) is 11.5 Å². The van der Waals surface area contributed by atoms with Crippen LogP contribution in [-0.2, 0) is 0 Å². The minimum Gasteiger partial charge on any atom is -0.454 e. The van der Waals surface area contributed by atoms with Crippen LogP contribution >= 0.6 is 0 Å². The second-order valence-electron chi connectivity index (χ2n) is 6.89. The van der Waals surface area contributed by atoms with Gasteiger partial charge in [0.15, 0.2) is 5.76 Å². The van der Waals surface area contributed by atoms with Crippen molar-refractivity contribution < 1.29 is 9.21 Å². The zero-order valence-corrected chi connectivity index (χ0v) is 15.9. The van der Waals surface area contributed by atoms with Crippen molar-refractivity contribution >= 4 is 11.9 Å². The number of carbonyl (C=O) groups is 1. The van der Waals surface area contributed by atoms with Crippen molar-refractivity contribution in [2.45, 2.75) is 39.2 Å². The number of nitrogens with zero attached hydrogens (tertiary/aromatic N) is 2. The monoisotopic (exact) mass is 373 g/mol. The molecule has 8 nitrogen and oxygen atoms in total. The number of amides is 1. The van der Waals surface area contributed by atoms with Gasteiger partial charge in [-0.1, -0.05) is 6.42 Å². The highest BCUT2D eigenvalue weighted by molar-refractivity contribution is 5.91. The van der Waals surface area contributed by atoms with E-state index in [0.717, 1.165) is 18.8 Å². The number of hydrogen-bond donors (Lipinski definition) is 3. The summed E-state index contributed by atoms with van der Waals surface area (Å²) in [4.78, 5) is 32.8. The van der Waals surface area contributed by atoms with E-state index in [1.807, 2.05) is 6.07 Å². The Hall–Kier alpha value is -2.61. The summed E-state index contributed by atoms with van der Waals surface area (Å²) in [6.07, 6.45) is 3.72. The molecule has 27 heavy (non-hydrogen) atoms. The zero-order valence-electron chi connectivity index (χ0n) is 15.9. The van der Waals surface area contributed by atoms with Gasteiger partial charge in [-0.25, -0.2) is 4.98 Å². The third-order valence-corrected chi connectivity index (χ3v) is 4.77. The number of nitrogens with one attached hydrogen (secondary N) is 3. The number of aryl methyl sites for hydroxylation is 1. The summed E-state index contributed by atoms with van der Waals surface area (Å²) in [7, 11) is 0. The van der Waals surface area contributed by atoms with Crippen LogP contribution in [0.4, 0.5) is 5.95 Å². The molecule has 0 aromatic carbocycles. The van der Waals surface area contributed by atoms with Crippen LogP contribution in [0.1, 0.15) is 54.2 Å². The second kappa shape index (κ2) is 8.85. The van der Waals surface area contributed by atoms with E-state index < -0.39 is 0 Å². The van der Waals surface area contributed by atoms with Gasteiger partial charge in [-0.3, -0.25) is 19.5 Å². The topological polar surface area (TPSA) is 103 Å². The maximum atomic E-state index is 12.3. The first-order valence-corrected chi connectivity index (χ1v) is 9.47. The molecule has 1 amide bonds. The number of aromatic nitrogens is 2. The quantitative estimate of drug-likeness (QED) is 0.642. The summed E-state index contributed by atoms with van der Waals surface area (Å²) in [6.45, 7) is 6.84. The number of hydrogen-bond acceptors (Lipinski definition) is 6. The normalized spacial score (nSPS) is 16.1. The van der Waals surface area contributed by atoms with Gasteiger partial charge in [-0.15, -0.1) is 0 Å². The van der Waals surface area contributed by atoms with E-state index in [2.05, 4.69) is 32.4 Å². The number of likely N-dealkylation sites (tertiary alicyclic amines) is 1. The number of rotatable bonds is 7. The molecule has 0 aliphatic carbocycles. The molecule has 0 radical (unpaired) electrons. The van der Waals surface area contributed by atoms with Crippen LogP contribution in [-0.4, -0.2) is 47.0 Å². The van der Waals surface area contributed by atoms with Crippen molar-refractivity contribution in [1.29, 1.82) is 0 Å². The van der Waals surface area contributed by atoms with Crippen molar-refractivity contribution in [3.8, 4) is 0 Å². The molecule has 1 aliphatic heterocycles. The highest BCUT2D eigenvalue weighted by Gasteiger charge is 2.22. The summed E-state index contributed by atoms with van der Waals surface area (Å²) >= 11 is 0. The summed E-state index contributed by atoms with van der Waals surface area (Å²) in [5, 5.41) is 5.78. The number of H-pyrrole nitrogens is 1. The Bertz CT molecular complexity index is 823. The first kappa shape index (κ1) is 19.2. The predicted octanol–water partition coefficient (Wildman–Crippen LogP) is 2.06. The van der Waals surface area contributed by atoms with Crippen molar-refractivity contribution in [1.82, 2.24) is 20.2 Å². The molecule has 0 bridgehead atoms. The number of carbonyl (C=O) groups excluding carboxylic acids is 1. The molecule has 1 saturated heterocycles. The first-order valence-electron chi connectivity index (χ1n) is 9.47. The third-order valence-electron chi connectivity index (χ3n) is 4.77. The molecule has 0 spiro atoms. The van der Waals surface area contributed by atoms with Crippen LogP contribution in [0.25, 0.3) is 0 Å². The van der Waals surface area contributed by atoms with Crippen LogP contribution in [0.5, 0.6) is 0 Å². The van der Waals surface area contributed by atoms with Crippen molar-refractivity contribution in [2.24, 2.45) is 0 Å². The summed E-state index contributed by atoms with van der Waals surface area (Å²) in [6, 6.07) is 5.20. The average molecular weight is 373 g/mol. The van der Waals surface area contributed by atoms with E-state index >= 15 is 0 Å². The molecular weight excluding hydrogens is 346 g/mol. The number of anilines is 1. The number of piperidine rings is 1. The van der Waals surface area contributed by atoms with Gasteiger partial charge in [-0.2, -0.15) is 0 Å². The van der Waals surface area contributed by atoms with E-state index in [0.29, 0.717) is 30.5 Å². The molecule has 146 valence electrons. The molecule has 0 unspecified atom stereocenters. The fourth-order valence-corrected chi connectivity index (χ4v) is 3.29. The van der Waals surface area contributed by atoms with Gasteiger partial charge in [0.1, 0.15) is 5.76 Å². The maximum Gasteiger partial charge on any atom is 0.287 e. The lowest BCUT2D eigenvalue weighted by molar-refractivity contribution is 0.0918. The van der Waals surface area contributed by atoms with E-state index in [4.69, 9.17) is 4.42 Å². The maximum absolute atomic E-state index is 12.3. The van der Waals surface area contributed by atoms with Crippen LogP contribution in [0.2, 0.25) is 0 Å². The summed E-state index contributed by atoms with van der Waals surface area (Å²) in [5.74, 6) is 1.28. The summed E-state index contributed by atoms with van der Waals surface area (Å²) in [5.41, 5.74) is 0.427. The minimum absolute atomic E-state index is 0.178. The number of furan rings is 1. The molecule has 3 rings (SSSR count). The Morgan fingerprint density at radius 2 is 2.07 bits per heavy atom. The first-order chi connectivity index (χ1) is 13.0. The molecule has 2 aromatic rings. The van der Waals surface area contributed by atoms with E-state index in [1.54, 1.807) is 13.0 Å². The molecule has 2 aromatic heterocycles. The van der Waals surface area contributed by atoms with Gasteiger partial charge in [-0.05, 0) is 51.9 Å². The minimum atomic E-state index is -0.250. The molecule has 8 heteroatoms. The van der Waals surface area contributed by atoms with Crippen molar-refractivity contribution in [3.05, 3.63) is 45.8 Å². The Morgan fingerprint density at radius 1 is 1.30 bits per heavy atom. The molecule has 1 atom stereocenters. The largest absolute Gasteiger partial charge is 0.454 e.